The van der Waals surface area contributed by atoms with Crippen LogP contribution in [0.15, 0.2) is 40.9 Å². The Morgan fingerprint density at radius 1 is 1.09 bits per heavy atom. The Bertz CT molecular complexity index is 1240. The van der Waals surface area contributed by atoms with E-state index in [0.29, 0.717) is 45.7 Å². The molecular weight excluding hydrogens is 489 g/mol. The van der Waals surface area contributed by atoms with Gasteiger partial charge >= 0.3 is 5.97 Å². The van der Waals surface area contributed by atoms with Gasteiger partial charge in [-0.3, -0.25) is 0 Å². The zero-order chi connectivity index (χ0) is 24.1. The van der Waals surface area contributed by atoms with E-state index in [0.717, 1.165) is 55.9 Å². The third kappa shape index (κ3) is 4.41. The Hall–Kier alpha value is -2.61. The normalized spacial score (nSPS) is 23.6. The van der Waals surface area contributed by atoms with E-state index >= 15 is 0 Å². The van der Waals surface area contributed by atoms with Crippen LogP contribution in [0.2, 0.25) is 10.0 Å². The van der Waals surface area contributed by atoms with Gasteiger partial charge in [-0.2, -0.15) is 0 Å². The smallest absolute Gasteiger partial charge is 0.354 e. The number of anilines is 1. The standard InChI is InChI=1S/C26H25Cl2N3O4/c27-19-3-1-4-20(28)23(19)24-18(25(35-30-24)14-7-8-14)13-34-17-9-15-11-31(12-16(15)10-17)22-6-2-5-21(29-22)26(32)33/h1-6,14-17H,7-13H2,(H,32,33)/t15-,16+,17?. The molecule has 3 heterocycles. The molecule has 2 aliphatic carbocycles. The first-order chi connectivity index (χ1) is 17.0. The van der Waals surface area contributed by atoms with Crippen LogP contribution in [0.5, 0.6) is 0 Å². The number of carboxylic acids is 1. The summed E-state index contributed by atoms with van der Waals surface area (Å²) in [6.45, 7) is 2.14. The predicted octanol–water partition coefficient (Wildman–Crippen LogP) is 6.05. The van der Waals surface area contributed by atoms with Crippen LogP contribution in [-0.2, 0) is 11.3 Å². The lowest BCUT2D eigenvalue weighted by Crippen LogP contribution is -2.24. The Kier molecular flexibility index (Phi) is 5.95. The molecule has 1 unspecified atom stereocenters. The molecule has 1 saturated heterocycles. The molecule has 3 aliphatic rings. The summed E-state index contributed by atoms with van der Waals surface area (Å²) in [5, 5.41) is 14.7. The average Bonchev–Trinajstić information content (AvgIpc) is 3.30. The minimum Gasteiger partial charge on any atom is -0.477 e. The van der Waals surface area contributed by atoms with Crippen molar-refractivity contribution < 1.29 is 19.2 Å². The summed E-state index contributed by atoms with van der Waals surface area (Å²) in [5.41, 5.74) is 2.41. The van der Waals surface area contributed by atoms with Gasteiger partial charge in [-0.05, 0) is 61.8 Å². The number of carbonyl (C=O) groups is 1. The average molecular weight is 514 g/mol. The molecule has 0 amide bonds. The quantitative estimate of drug-likeness (QED) is 0.411. The van der Waals surface area contributed by atoms with Crippen LogP contribution in [0, 0.1) is 11.8 Å². The first-order valence-electron chi connectivity index (χ1n) is 12.0. The van der Waals surface area contributed by atoms with Gasteiger partial charge in [0.05, 0.1) is 22.8 Å². The number of fused-ring (bicyclic) bond motifs is 1. The molecule has 9 heteroatoms. The SMILES string of the molecule is O=C(O)c1cccc(N2C[C@H]3CC(OCc4c(-c5c(Cl)cccc5Cl)noc4C4CC4)C[C@H]3C2)n1. The fraction of sp³-hybridized carbons (Fsp3) is 0.423. The molecule has 0 radical (unpaired) electrons. The highest BCUT2D eigenvalue weighted by Crippen LogP contribution is 2.47. The number of benzene rings is 1. The van der Waals surface area contributed by atoms with E-state index in [1.54, 1.807) is 6.07 Å². The second-order valence-corrected chi connectivity index (χ2v) is 10.6. The van der Waals surface area contributed by atoms with Crippen LogP contribution < -0.4 is 4.90 Å². The van der Waals surface area contributed by atoms with E-state index in [1.165, 1.54) is 6.07 Å². The predicted molar refractivity (Wildman–Crippen MR) is 132 cm³/mol. The second-order valence-electron chi connectivity index (χ2n) is 9.76. The van der Waals surface area contributed by atoms with Crippen molar-refractivity contribution >= 4 is 35.0 Å². The first kappa shape index (κ1) is 22.8. The van der Waals surface area contributed by atoms with Crippen molar-refractivity contribution in [2.45, 2.75) is 44.3 Å². The highest BCUT2D eigenvalue weighted by atomic mass is 35.5. The Morgan fingerprint density at radius 2 is 1.77 bits per heavy atom. The van der Waals surface area contributed by atoms with Gasteiger partial charge in [-0.1, -0.05) is 40.5 Å². The monoisotopic (exact) mass is 513 g/mol. The molecule has 0 spiro atoms. The van der Waals surface area contributed by atoms with Gasteiger partial charge in [-0.15, -0.1) is 0 Å². The van der Waals surface area contributed by atoms with Crippen molar-refractivity contribution in [1.82, 2.24) is 10.1 Å². The van der Waals surface area contributed by atoms with Gasteiger partial charge in [0.25, 0.3) is 0 Å². The van der Waals surface area contributed by atoms with Gasteiger partial charge in [0, 0.05) is 30.1 Å². The number of halogens is 2. The van der Waals surface area contributed by atoms with Gasteiger partial charge in [0.2, 0.25) is 0 Å². The summed E-state index contributed by atoms with van der Waals surface area (Å²) in [7, 11) is 0. The van der Waals surface area contributed by atoms with Crippen molar-refractivity contribution in [2.24, 2.45) is 11.8 Å². The van der Waals surface area contributed by atoms with Gasteiger partial charge in [0.15, 0.2) is 5.69 Å². The van der Waals surface area contributed by atoms with Gasteiger partial charge < -0.3 is 19.3 Å². The van der Waals surface area contributed by atoms with Crippen LogP contribution in [0.1, 0.15) is 53.4 Å². The zero-order valence-electron chi connectivity index (χ0n) is 19.0. The Morgan fingerprint density at radius 3 is 2.43 bits per heavy atom. The van der Waals surface area contributed by atoms with Crippen molar-refractivity contribution in [3.63, 3.8) is 0 Å². The second kappa shape index (κ2) is 9.12. The lowest BCUT2D eigenvalue weighted by atomic mass is 10.0. The maximum absolute atomic E-state index is 11.3. The van der Waals surface area contributed by atoms with Crippen LogP contribution in [0.3, 0.4) is 0 Å². The lowest BCUT2D eigenvalue weighted by molar-refractivity contribution is 0.0402. The third-order valence-electron chi connectivity index (χ3n) is 7.41. The van der Waals surface area contributed by atoms with Crippen LogP contribution in [0.4, 0.5) is 5.82 Å². The van der Waals surface area contributed by atoms with E-state index in [4.69, 9.17) is 32.5 Å². The molecule has 0 bridgehead atoms. The summed E-state index contributed by atoms with van der Waals surface area (Å²) in [6.07, 6.45) is 4.27. The molecule has 3 fully saturated rings. The summed E-state index contributed by atoms with van der Waals surface area (Å²) in [4.78, 5) is 17.8. The highest BCUT2D eigenvalue weighted by Gasteiger charge is 2.42. The summed E-state index contributed by atoms with van der Waals surface area (Å²) >= 11 is 12.9. The van der Waals surface area contributed by atoms with E-state index in [1.807, 2.05) is 24.3 Å². The van der Waals surface area contributed by atoms with Crippen LogP contribution >= 0.6 is 23.2 Å². The number of pyridine rings is 1. The number of hydrogen-bond donors (Lipinski definition) is 1. The number of aromatic carboxylic acids is 1. The van der Waals surface area contributed by atoms with E-state index in [-0.39, 0.29) is 11.8 Å². The highest BCUT2D eigenvalue weighted by molar-refractivity contribution is 6.39. The number of nitrogens with zero attached hydrogens (tertiary/aromatic N) is 3. The van der Waals surface area contributed by atoms with E-state index in [2.05, 4.69) is 15.0 Å². The third-order valence-corrected chi connectivity index (χ3v) is 8.04. The molecule has 7 nitrogen and oxygen atoms in total. The maximum Gasteiger partial charge on any atom is 0.354 e. The molecule has 35 heavy (non-hydrogen) atoms. The number of ether oxygens (including phenoxy) is 1. The Balaban J connectivity index is 1.14. The lowest BCUT2D eigenvalue weighted by Gasteiger charge is -2.20. The van der Waals surface area contributed by atoms with E-state index in [9.17, 15) is 9.90 Å². The topological polar surface area (TPSA) is 88.7 Å². The maximum atomic E-state index is 11.3. The van der Waals surface area contributed by atoms with Crippen molar-refractivity contribution in [2.75, 3.05) is 18.0 Å². The van der Waals surface area contributed by atoms with Gasteiger partial charge in [0.1, 0.15) is 17.3 Å². The minimum atomic E-state index is -1.00. The summed E-state index contributed by atoms with van der Waals surface area (Å²) in [5.74, 6) is 2.01. The molecule has 6 rings (SSSR count). The van der Waals surface area contributed by atoms with Crippen molar-refractivity contribution in [3.05, 3.63) is 63.5 Å². The molecule has 1 N–H and O–H groups in total. The molecule has 3 aromatic rings. The minimum absolute atomic E-state index is 0.0791. The number of rotatable bonds is 7. The molecule has 182 valence electrons. The Labute approximate surface area is 213 Å². The molecular formula is C26H25Cl2N3O4. The largest absolute Gasteiger partial charge is 0.477 e. The molecule has 1 aromatic carbocycles. The van der Waals surface area contributed by atoms with Crippen LogP contribution in [0.25, 0.3) is 11.3 Å². The molecule has 2 aromatic heterocycles. The molecule has 2 saturated carbocycles. The number of hydrogen-bond acceptors (Lipinski definition) is 6. The van der Waals surface area contributed by atoms with Gasteiger partial charge in [-0.25, -0.2) is 9.78 Å². The number of carboxylic acid groups (broad SMARTS) is 1. The summed E-state index contributed by atoms with van der Waals surface area (Å²) < 4.78 is 12.2. The molecule has 1 aliphatic heterocycles. The van der Waals surface area contributed by atoms with Crippen molar-refractivity contribution in [3.8, 4) is 11.3 Å². The number of aromatic nitrogens is 2. The van der Waals surface area contributed by atoms with Crippen LogP contribution in [-0.4, -0.2) is 40.4 Å². The van der Waals surface area contributed by atoms with E-state index < -0.39 is 5.97 Å². The fourth-order valence-electron chi connectivity index (χ4n) is 5.54. The van der Waals surface area contributed by atoms with Crippen molar-refractivity contribution in [1.29, 1.82) is 0 Å². The zero-order valence-corrected chi connectivity index (χ0v) is 20.5. The summed E-state index contributed by atoms with van der Waals surface area (Å²) in [6, 6.07) is 10.6. The first-order valence-corrected chi connectivity index (χ1v) is 12.7. The molecule has 3 atom stereocenters. The fourth-order valence-corrected chi connectivity index (χ4v) is 6.11.